The molecule has 5 nitrogen and oxygen atoms in total. The van der Waals surface area contributed by atoms with Crippen LogP contribution < -0.4 is 0 Å². The number of nitrogens with zero attached hydrogens (tertiary/aromatic N) is 2. The van der Waals surface area contributed by atoms with Gasteiger partial charge in [-0.15, -0.1) is 0 Å². The minimum atomic E-state index is -0.775. The largest absolute Gasteiger partial charge is 0.480 e. The first-order valence-electron chi connectivity index (χ1n) is 6.32. The van der Waals surface area contributed by atoms with E-state index >= 15 is 0 Å². The number of aliphatic carboxylic acids is 1. The smallest absolute Gasteiger partial charge is 0.317 e. The van der Waals surface area contributed by atoms with Crippen LogP contribution in [-0.4, -0.2) is 72.4 Å². The van der Waals surface area contributed by atoms with E-state index in [2.05, 4.69) is 18.7 Å². The van der Waals surface area contributed by atoms with Gasteiger partial charge in [0.15, 0.2) is 0 Å². The summed E-state index contributed by atoms with van der Waals surface area (Å²) < 4.78 is 5.70. The summed E-state index contributed by atoms with van der Waals surface area (Å²) in [4.78, 5) is 15.0. The molecule has 1 fully saturated rings. The van der Waals surface area contributed by atoms with Crippen LogP contribution in [0.1, 0.15) is 20.8 Å². The van der Waals surface area contributed by atoms with Crippen molar-refractivity contribution in [3.63, 3.8) is 0 Å². The van der Waals surface area contributed by atoms with Gasteiger partial charge in [-0.05, 0) is 20.4 Å². The highest BCUT2D eigenvalue weighted by Gasteiger charge is 2.24. The SMILES string of the molecule is CCN(CC(=O)O)CC1CN(C(C)C)CCO1. The summed E-state index contributed by atoms with van der Waals surface area (Å²) in [6.45, 7) is 10.5. The lowest BCUT2D eigenvalue weighted by atomic mass is 10.2. The second kappa shape index (κ2) is 6.93. The predicted octanol–water partition coefficient (Wildman–Crippen LogP) is 0.502. The van der Waals surface area contributed by atoms with Crippen molar-refractivity contribution in [3.8, 4) is 0 Å². The lowest BCUT2D eigenvalue weighted by Gasteiger charge is -2.37. The molecule has 0 saturated carbocycles. The number of likely N-dealkylation sites (N-methyl/N-ethyl adjacent to an activating group) is 1. The molecule has 0 aromatic heterocycles. The Bertz CT molecular complexity index is 246. The van der Waals surface area contributed by atoms with Gasteiger partial charge < -0.3 is 9.84 Å². The zero-order valence-electron chi connectivity index (χ0n) is 11.1. The van der Waals surface area contributed by atoms with Crippen LogP contribution >= 0.6 is 0 Å². The molecule has 1 N–H and O–H groups in total. The Morgan fingerprint density at radius 3 is 2.82 bits per heavy atom. The normalized spacial score (nSPS) is 22.3. The molecule has 5 heteroatoms. The number of hydrogen-bond acceptors (Lipinski definition) is 4. The van der Waals surface area contributed by atoms with Gasteiger partial charge in [-0.1, -0.05) is 6.92 Å². The first kappa shape index (κ1) is 14.4. The third-order valence-corrected chi connectivity index (χ3v) is 3.17. The molecule has 0 bridgehead atoms. The number of carbonyl (C=O) groups is 1. The molecule has 0 aromatic carbocycles. The van der Waals surface area contributed by atoms with E-state index in [-0.39, 0.29) is 12.6 Å². The third kappa shape index (κ3) is 5.02. The van der Waals surface area contributed by atoms with E-state index in [0.717, 1.165) is 26.2 Å². The molecular formula is C12H24N2O3. The molecule has 1 rings (SSSR count). The van der Waals surface area contributed by atoms with E-state index in [1.807, 2.05) is 11.8 Å². The highest BCUT2D eigenvalue weighted by molar-refractivity contribution is 5.69. The maximum atomic E-state index is 10.7. The minimum Gasteiger partial charge on any atom is -0.480 e. The number of carboxylic acids is 1. The second-order valence-corrected chi connectivity index (χ2v) is 4.80. The molecule has 1 atom stereocenters. The van der Waals surface area contributed by atoms with Crippen LogP contribution in [0.4, 0.5) is 0 Å². The van der Waals surface area contributed by atoms with Crippen LogP contribution in [0.15, 0.2) is 0 Å². The molecule has 1 unspecified atom stereocenters. The summed E-state index contributed by atoms with van der Waals surface area (Å²) in [5.41, 5.74) is 0. The van der Waals surface area contributed by atoms with Crippen LogP contribution in [0.5, 0.6) is 0 Å². The number of morpholine rings is 1. The van der Waals surface area contributed by atoms with E-state index < -0.39 is 5.97 Å². The summed E-state index contributed by atoms with van der Waals surface area (Å²) >= 11 is 0. The number of rotatable bonds is 6. The van der Waals surface area contributed by atoms with Crippen molar-refractivity contribution in [2.45, 2.75) is 32.9 Å². The van der Waals surface area contributed by atoms with E-state index in [9.17, 15) is 4.79 Å². The van der Waals surface area contributed by atoms with Crippen molar-refractivity contribution in [1.29, 1.82) is 0 Å². The molecular weight excluding hydrogens is 220 g/mol. The van der Waals surface area contributed by atoms with Gasteiger partial charge >= 0.3 is 5.97 Å². The first-order chi connectivity index (χ1) is 8.02. The van der Waals surface area contributed by atoms with Crippen LogP contribution in [0.25, 0.3) is 0 Å². The molecule has 100 valence electrons. The van der Waals surface area contributed by atoms with Gasteiger partial charge in [-0.3, -0.25) is 14.6 Å². The number of ether oxygens (including phenoxy) is 1. The van der Waals surface area contributed by atoms with Crippen LogP contribution in [0.2, 0.25) is 0 Å². The minimum absolute atomic E-state index is 0.0953. The molecule has 1 aliphatic rings. The lowest BCUT2D eigenvalue weighted by molar-refractivity contribution is -0.139. The first-order valence-corrected chi connectivity index (χ1v) is 6.32. The van der Waals surface area contributed by atoms with Gasteiger partial charge in [0, 0.05) is 25.7 Å². The highest BCUT2D eigenvalue weighted by atomic mass is 16.5. The summed E-state index contributed by atoms with van der Waals surface area (Å²) in [7, 11) is 0. The fraction of sp³-hybridized carbons (Fsp3) is 0.917. The van der Waals surface area contributed by atoms with Gasteiger partial charge in [0.1, 0.15) is 0 Å². The molecule has 0 radical (unpaired) electrons. The van der Waals surface area contributed by atoms with E-state index in [1.165, 1.54) is 0 Å². The molecule has 0 amide bonds. The average Bonchev–Trinajstić information content (AvgIpc) is 2.28. The maximum Gasteiger partial charge on any atom is 0.317 e. The second-order valence-electron chi connectivity index (χ2n) is 4.80. The van der Waals surface area contributed by atoms with Gasteiger partial charge in [0.2, 0.25) is 0 Å². The molecule has 0 aromatic rings. The van der Waals surface area contributed by atoms with Gasteiger partial charge in [0.05, 0.1) is 19.3 Å². The quantitative estimate of drug-likeness (QED) is 0.737. The summed E-state index contributed by atoms with van der Waals surface area (Å²) in [6, 6.07) is 0.524. The Kier molecular flexibility index (Phi) is 5.88. The van der Waals surface area contributed by atoms with Gasteiger partial charge in [0.25, 0.3) is 0 Å². The topological polar surface area (TPSA) is 53.0 Å². The fourth-order valence-corrected chi connectivity index (χ4v) is 2.11. The Balaban J connectivity index is 2.41. The Morgan fingerprint density at radius 1 is 1.59 bits per heavy atom. The number of hydrogen-bond donors (Lipinski definition) is 1. The van der Waals surface area contributed by atoms with E-state index in [4.69, 9.17) is 9.84 Å². The van der Waals surface area contributed by atoms with Crippen molar-refractivity contribution >= 4 is 5.97 Å². The van der Waals surface area contributed by atoms with Crippen molar-refractivity contribution in [1.82, 2.24) is 9.80 Å². The zero-order valence-corrected chi connectivity index (χ0v) is 11.1. The summed E-state index contributed by atoms with van der Waals surface area (Å²) in [6.07, 6.45) is 0.130. The van der Waals surface area contributed by atoms with Crippen LogP contribution in [0, 0.1) is 0 Å². The highest BCUT2D eigenvalue weighted by Crippen LogP contribution is 2.10. The molecule has 0 spiro atoms. The Hall–Kier alpha value is -0.650. The molecule has 1 heterocycles. The van der Waals surface area contributed by atoms with Crippen molar-refractivity contribution in [2.75, 3.05) is 39.3 Å². The Labute approximate surface area is 103 Å². The standard InChI is InChI=1S/C12H24N2O3/c1-4-13(9-12(15)16)7-11-8-14(10(2)3)5-6-17-11/h10-11H,4-9H2,1-3H3,(H,15,16). The third-order valence-electron chi connectivity index (χ3n) is 3.17. The van der Waals surface area contributed by atoms with Gasteiger partial charge in [-0.25, -0.2) is 0 Å². The average molecular weight is 244 g/mol. The van der Waals surface area contributed by atoms with E-state index in [0.29, 0.717) is 12.6 Å². The molecule has 1 aliphatic heterocycles. The van der Waals surface area contributed by atoms with E-state index in [1.54, 1.807) is 0 Å². The molecule has 1 saturated heterocycles. The Morgan fingerprint density at radius 2 is 2.29 bits per heavy atom. The molecule has 17 heavy (non-hydrogen) atoms. The van der Waals surface area contributed by atoms with Crippen molar-refractivity contribution < 1.29 is 14.6 Å². The number of carboxylic acid groups (broad SMARTS) is 1. The maximum absolute atomic E-state index is 10.7. The van der Waals surface area contributed by atoms with Crippen LogP contribution in [0.3, 0.4) is 0 Å². The van der Waals surface area contributed by atoms with Gasteiger partial charge in [-0.2, -0.15) is 0 Å². The van der Waals surface area contributed by atoms with Crippen molar-refractivity contribution in [2.24, 2.45) is 0 Å². The summed E-state index contributed by atoms with van der Waals surface area (Å²) in [5.74, 6) is -0.775. The zero-order chi connectivity index (χ0) is 12.8. The fourth-order valence-electron chi connectivity index (χ4n) is 2.11. The monoisotopic (exact) mass is 244 g/mol. The predicted molar refractivity (Wildman–Crippen MR) is 66.2 cm³/mol. The lowest BCUT2D eigenvalue weighted by Crippen LogP contribution is -2.50. The van der Waals surface area contributed by atoms with Crippen molar-refractivity contribution in [3.05, 3.63) is 0 Å². The summed E-state index contributed by atoms with van der Waals surface area (Å²) in [5, 5.41) is 8.79. The van der Waals surface area contributed by atoms with Crippen LogP contribution in [-0.2, 0) is 9.53 Å². The molecule has 0 aliphatic carbocycles.